The molecule has 0 heterocycles. The summed E-state index contributed by atoms with van der Waals surface area (Å²) < 4.78 is 27.3. The highest BCUT2D eigenvalue weighted by molar-refractivity contribution is 7.89. The maximum Gasteiger partial charge on any atom is 0.243 e. The molecule has 1 atom stereocenters. The first-order valence-electron chi connectivity index (χ1n) is 7.62. The predicted molar refractivity (Wildman–Crippen MR) is 88.2 cm³/mol. The standard InChI is InChI=1S/C18H21NO2S/c1-14-10-12-16(13-11-14)22(20,21)19(2)18-9-5-7-15-6-3-4-8-17(15)18/h3-4,6,8,10-13,18H,5,7,9H2,1-2H3. The highest BCUT2D eigenvalue weighted by Crippen LogP contribution is 2.36. The lowest BCUT2D eigenvalue weighted by atomic mass is 9.88. The lowest BCUT2D eigenvalue weighted by Gasteiger charge is -2.32. The Morgan fingerprint density at radius 3 is 2.45 bits per heavy atom. The van der Waals surface area contributed by atoms with Crippen LogP contribution in [0.1, 0.15) is 35.6 Å². The van der Waals surface area contributed by atoms with Gasteiger partial charge >= 0.3 is 0 Å². The van der Waals surface area contributed by atoms with Crippen LogP contribution in [0, 0.1) is 6.92 Å². The maximum absolute atomic E-state index is 12.9. The van der Waals surface area contributed by atoms with Gasteiger partial charge in [-0.15, -0.1) is 0 Å². The average Bonchev–Trinajstić information content (AvgIpc) is 2.54. The monoisotopic (exact) mass is 315 g/mol. The van der Waals surface area contributed by atoms with E-state index in [-0.39, 0.29) is 6.04 Å². The van der Waals surface area contributed by atoms with Gasteiger partial charge in [-0.1, -0.05) is 42.0 Å². The summed E-state index contributed by atoms with van der Waals surface area (Å²) in [6.07, 6.45) is 2.93. The molecule has 2 aromatic carbocycles. The zero-order valence-electron chi connectivity index (χ0n) is 13.0. The first-order chi connectivity index (χ1) is 10.5. The number of hydrogen-bond donors (Lipinski definition) is 0. The Labute approximate surface area is 132 Å². The van der Waals surface area contributed by atoms with Gasteiger partial charge in [-0.3, -0.25) is 0 Å². The van der Waals surface area contributed by atoms with Crippen molar-refractivity contribution < 1.29 is 8.42 Å². The van der Waals surface area contributed by atoms with Crippen molar-refractivity contribution in [1.29, 1.82) is 0 Å². The summed E-state index contributed by atoms with van der Waals surface area (Å²) in [7, 11) is -1.77. The van der Waals surface area contributed by atoms with Gasteiger partial charge in [0.1, 0.15) is 0 Å². The largest absolute Gasteiger partial charge is 0.243 e. The number of hydrogen-bond acceptors (Lipinski definition) is 2. The fourth-order valence-corrected chi connectivity index (χ4v) is 4.52. The van der Waals surface area contributed by atoms with Crippen molar-refractivity contribution >= 4 is 10.0 Å². The second kappa shape index (κ2) is 5.86. The van der Waals surface area contributed by atoms with Crippen LogP contribution in [0.15, 0.2) is 53.4 Å². The molecular weight excluding hydrogens is 294 g/mol. The van der Waals surface area contributed by atoms with Crippen LogP contribution in [0.5, 0.6) is 0 Å². The first-order valence-corrected chi connectivity index (χ1v) is 9.06. The maximum atomic E-state index is 12.9. The molecule has 116 valence electrons. The van der Waals surface area contributed by atoms with Gasteiger partial charge in [-0.05, 0) is 49.4 Å². The van der Waals surface area contributed by atoms with Gasteiger partial charge in [-0.2, -0.15) is 4.31 Å². The third-order valence-electron chi connectivity index (χ3n) is 4.47. The number of nitrogens with zero attached hydrogens (tertiary/aromatic N) is 1. The van der Waals surface area contributed by atoms with Crippen LogP contribution in [0.4, 0.5) is 0 Å². The molecule has 0 fully saturated rings. The van der Waals surface area contributed by atoms with E-state index in [1.807, 2.05) is 31.2 Å². The van der Waals surface area contributed by atoms with E-state index >= 15 is 0 Å². The van der Waals surface area contributed by atoms with Crippen LogP contribution in [-0.2, 0) is 16.4 Å². The fraction of sp³-hybridized carbons (Fsp3) is 0.333. The van der Waals surface area contributed by atoms with E-state index in [1.54, 1.807) is 19.2 Å². The molecule has 0 radical (unpaired) electrons. The van der Waals surface area contributed by atoms with E-state index in [9.17, 15) is 8.42 Å². The Morgan fingerprint density at radius 1 is 1.05 bits per heavy atom. The Bertz CT molecular complexity index is 766. The van der Waals surface area contributed by atoms with E-state index in [0.29, 0.717) is 4.90 Å². The number of aryl methyl sites for hydroxylation is 2. The summed E-state index contributed by atoms with van der Waals surface area (Å²) in [5.74, 6) is 0. The van der Waals surface area contributed by atoms with Crippen molar-refractivity contribution in [2.24, 2.45) is 0 Å². The second-order valence-corrected chi connectivity index (χ2v) is 7.94. The normalized spacial score (nSPS) is 18.2. The van der Waals surface area contributed by atoms with E-state index in [0.717, 1.165) is 30.4 Å². The number of sulfonamides is 1. The summed E-state index contributed by atoms with van der Waals surface area (Å²) in [4.78, 5) is 0.364. The Kier molecular flexibility index (Phi) is 4.06. The molecule has 22 heavy (non-hydrogen) atoms. The van der Waals surface area contributed by atoms with Gasteiger partial charge in [0, 0.05) is 13.1 Å². The molecule has 3 rings (SSSR count). The number of fused-ring (bicyclic) bond motifs is 1. The van der Waals surface area contributed by atoms with Crippen molar-refractivity contribution in [3.05, 3.63) is 65.2 Å². The first kappa shape index (κ1) is 15.3. The van der Waals surface area contributed by atoms with E-state index < -0.39 is 10.0 Å². The molecule has 1 aliphatic rings. The lowest BCUT2D eigenvalue weighted by Crippen LogP contribution is -2.33. The lowest BCUT2D eigenvalue weighted by molar-refractivity contribution is 0.337. The molecule has 4 heteroatoms. The van der Waals surface area contributed by atoms with Crippen molar-refractivity contribution in [3.8, 4) is 0 Å². The molecule has 0 saturated carbocycles. The van der Waals surface area contributed by atoms with Gasteiger partial charge < -0.3 is 0 Å². The Morgan fingerprint density at radius 2 is 1.73 bits per heavy atom. The average molecular weight is 315 g/mol. The number of rotatable bonds is 3. The van der Waals surface area contributed by atoms with Crippen LogP contribution < -0.4 is 0 Å². The molecule has 1 unspecified atom stereocenters. The third kappa shape index (κ3) is 2.69. The summed E-state index contributed by atoms with van der Waals surface area (Å²) in [6.45, 7) is 1.96. The molecule has 0 N–H and O–H groups in total. The summed E-state index contributed by atoms with van der Waals surface area (Å²) in [6, 6.07) is 15.2. The van der Waals surface area contributed by atoms with E-state index in [1.165, 1.54) is 9.87 Å². The zero-order chi connectivity index (χ0) is 15.7. The Hall–Kier alpha value is -1.65. The van der Waals surface area contributed by atoms with Crippen molar-refractivity contribution in [2.45, 2.75) is 37.1 Å². The second-order valence-electron chi connectivity index (χ2n) is 5.94. The van der Waals surface area contributed by atoms with Gasteiger partial charge in [0.05, 0.1) is 4.90 Å². The fourth-order valence-electron chi connectivity index (χ4n) is 3.15. The molecular formula is C18H21NO2S. The van der Waals surface area contributed by atoms with Crippen LogP contribution in [0.3, 0.4) is 0 Å². The molecule has 0 aromatic heterocycles. The predicted octanol–water partition coefficient (Wildman–Crippen LogP) is 3.69. The van der Waals surface area contributed by atoms with Crippen LogP contribution in [0.2, 0.25) is 0 Å². The summed E-state index contributed by atoms with van der Waals surface area (Å²) >= 11 is 0. The molecule has 0 spiro atoms. The highest BCUT2D eigenvalue weighted by Gasteiger charge is 2.31. The topological polar surface area (TPSA) is 37.4 Å². The van der Waals surface area contributed by atoms with Crippen molar-refractivity contribution in [2.75, 3.05) is 7.05 Å². The van der Waals surface area contributed by atoms with Crippen LogP contribution in [0.25, 0.3) is 0 Å². The minimum atomic E-state index is -3.46. The molecule has 0 saturated heterocycles. The quantitative estimate of drug-likeness (QED) is 0.866. The van der Waals surface area contributed by atoms with E-state index in [4.69, 9.17) is 0 Å². The number of benzene rings is 2. The summed E-state index contributed by atoms with van der Waals surface area (Å²) in [5.41, 5.74) is 3.47. The third-order valence-corrected chi connectivity index (χ3v) is 6.36. The minimum absolute atomic E-state index is 0.0729. The van der Waals surface area contributed by atoms with E-state index in [2.05, 4.69) is 12.1 Å². The zero-order valence-corrected chi connectivity index (χ0v) is 13.8. The molecule has 0 aliphatic heterocycles. The van der Waals surface area contributed by atoms with Gasteiger partial charge in [0.15, 0.2) is 0 Å². The SMILES string of the molecule is Cc1ccc(S(=O)(=O)N(C)C2CCCc3ccccc32)cc1. The molecule has 0 amide bonds. The van der Waals surface area contributed by atoms with Crippen molar-refractivity contribution in [1.82, 2.24) is 4.31 Å². The molecule has 0 bridgehead atoms. The van der Waals surface area contributed by atoms with Gasteiger partial charge in [0.25, 0.3) is 0 Å². The minimum Gasteiger partial charge on any atom is -0.207 e. The molecule has 1 aliphatic carbocycles. The van der Waals surface area contributed by atoms with Crippen LogP contribution >= 0.6 is 0 Å². The Balaban J connectivity index is 1.97. The highest BCUT2D eigenvalue weighted by atomic mass is 32.2. The van der Waals surface area contributed by atoms with Crippen molar-refractivity contribution in [3.63, 3.8) is 0 Å². The van der Waals surface area contributed by atoms with Crippen LogP contribution in [-0.4, -0.2) is 19.8 Å². The smallest absolute Gasteiger partial charge is 0.207 e. The van der Waals surface area contributed by atoms with Gasteiger partial charge in [0.2, 0.25) is 10.0 Å². The summed E-state index contributed by atoms with van der Waals surface area (Å²) in [5, 5.41) is 0. The van der Waals surface area contributed by atoms with Gasteiger partial charge in [-0.25, -0.2) is 8.42 Å². The molecule has 3 nitrogen and oxygen atoms in total. The molecule has 2 aromatic rings.